The number of aromatic nitrogens is 5. The van der Waals surface area contributed by atoms with E-state index in [2.05, 4.69) is 26.7 Å². The highest BCUT2D eigenvalue weighted by atomic mass is 32.1. The number of benzene rings is 1. The van der Waals surface area contributed by atoms with Crippen molar-refractivity contribution in [2.24, 2.45) is 0 Å². The van der Waals surface area contributed by atoms with E-state index >= 15 is 0 Å². The highest BCUT2D eigenvalue weighted by Gasteiger charge is 2.17. The minimum absolute atomic E-state index is 0.326. The molecule has 1 aromatic carbocycles. The molecule has 0 aliphatic carbocycles. The summed E-state index contributed by atoms with van der Waals surface area (Å²) >= 11 is 1.47. The zero-order chi connectivity index (χ0) is 19.7. The van der Waals surface area contributed by atoms with Gasteiger partial charge < -0.3 is 9.32 Å². The first-order valence-electron chi connectivity index (χ1n) is 8.56. The number of hydrogen-bond donors (Lipinski definition) is 0. The van der Waals surface area contributed by atoms with Crippen LogP contribution < -0.4 is 0 Å². The van der Waals surface area contributed by atoms with Gasteiger partial charge in [0.1, 0.15) is 11.4 Å². The summed E-state index contributed by atoms with van der Waals surface area (Å²) in [5.41, 5.74) is 7.34. The Balaban J connectivity index is 1.67. The monoisotopic (exact) mass is 390 g/mol. The van der Waals surface area contributed by atoms with Gasteiger partial charge in [0.2, 0.25) is 0 Å². The van der Waals surface area contributed by atoms with Gasteiger partial charge in [-0.2, -0.15) is 0 Å². The van der Waals surface area contributed by atoms with Crippen molar-refractivity contribution in [2.45, 2.75) is 6.92 Å². The van der Waals surface area contributed by atoms with Crippen molar-refractivity contribution in [3.05, 3.63) is 59.2 Å². The fourth-order valence-corrected chi connectivity index (χ4v) is 3.15. The molecule has 0 radical (unpaired) electrons. The molecule has 3 aromatic heterocycles. The molecule has 0 saturated carbocycles. The summed E-state index contributed by atoms with van der Waals surface area (Å²) in [4.78, 5) is 15.3. The lowest BCUT2D eigenvalue weighted by Crippen LogP contribution is -2.08. The summed E-state index contributed by atoms with van der Waals surface area (Å²) < 4.78 is 5.77. The van der Waals surface area contributed by atoms with Gasteiger partial charge in [0.05, 0.1) is 23.1 Å². The SMILES string of the molecule is C=C(c1ccc(-c2cnc(C)c(-c3nnc(-c4cscn4)o3)n2)cc1)N(C)C. The summed E-state index contributed by atoms with van der Waals surface area (Å²) in [5.74, 6) is 0.696. The third kappa shape index (κ3) is 3.41. The number of rotatable bonds is 5. The quantitative estimate of drug-likeness (QED) is 0.506. The van der Waals surface area contributed by atoms with Crippen molar-refractivity contribution in [2.75, 3.05) is 14.1 Å². The molecule has 0 aliphatic heterocycles. The molecule has 0 N–H and O–H groups in total. The summed E-state index contributed by atoms with van der Waals surface area (Å²) in [6, 6.07) is 8.04. The van der Waals surface area contributed by atoms with E-state index in [-0.39, 0.29) is 0 Å². The van der Waals surface area contributed by atoms with E-state index in [1.807, 2.05) is 55.6 Å². The topological polar surface area (TPSA) is 80.8 Å². The highest BCUT2D eigenvalue weighted by molar-refractivity contribution is 7.07. The minimum atomic E-state index is 0.326. The Morgan fingerprint density at radius 2 is 1.79 bits per heavy atom. The Bertz CT molecular complexity index is 1120. The maximum atomic E-state index is 5.77. The Morgan fingerprint density at radius 1 is 1.04 bits per heavy atom. The molecule has 0 aliphatic rings. The third-order valence-electron chi connectivity index (χ3n) is 4.29. The molecule has 0 bridgehead atoms. The molecule has 4 aromatic rings. The standard InChI is InChI=1S/C20H18N6OS/c1-12-18(20-25-24-19(27-20)17-10-28-11-22-17)23-16(9-21-12)15-7-5-14(6-8-15)13(2)26(3)4/h5-11H,2H2,1,3-4H3. The smallest absolute Gasteiger partial charge is 0.268 e. The maximum absolute atomic E-state index is 5.77. The molecule has 0 amide bonds. The average molecular weight is 390 g/mol. The average Bonchev–Trinajstić information content (AvgIpc) is 3.39. The van der Waals surface area contributed by atoms with E-state index in [0.717, 1.165) is 28.2 Å². The number of hydrogen-bond acceptors (Lipinski definition) is 8. The molecule has 0 unspecified atom stereocenters. The molecule has 8 heteroatoms. The van der Waals surface area contributed by atoms with Gasteiger partial charge in [0.15, 0.2) is 0 Å². The molecule has 0 atom stereocenters. The van der Waals surface area contributed by atoms with Gasteiger partial charge in [-0.3, -0.25) is 4.98 Å². The normalized spacial score (nSPS) is 10.8. The summed E-state index contributed by atoms with van der Waals surface area (Å²) in [6.45, 7) is 5.95. The van der Waals surface area contributed by atoms with E-state index < -0.39 is 0 Å². The van der Waals surface area contributed by atoms with Crippen LogP contribution in [0.4, 0.5) is 0 Å². The van der Waals surface area contributed by atoms with Gasteiger partial charge in [-0.15, -0.1) is 21.5 Å². The predicted octanol–water partition coefficient (Wildman–Crippen LogP) is 4.16. The molecular weight excluding hydrogens is 372 g/mol. The lowest BCUT2D eigenvalue weighted by atomic mass is 10.1. The Hall–Kier alpha value is -3.39. The van der Waals surface area contributed by atoms with Crippen LogP contribution in [0.15, 0.2) is 52.3 Å². The van der Waals surface area contributed by atoms with Gasteiger partial charge >= 0.3 is 0 Å². The molecule has 28 heavy (non-hydrogen) atoms. The van der Waals surface area contributed by atoms with Crippen molar-refractivity contribution in [1.82, 2.24) is 30.0 Å². The van der Waals surface area contributed by atoms with Crippen molar-refractivity contribution in [3.63, 3.8) is 0 Å². The van der Waals surface area contributed by atoms with Crippen LogP contribution in [-0.4, -0.2) is 44.1 Å². The Kier molecular flexibility index (Phi) is 4.70. The minimum Gasteiger partial charge on any atom is -0.413 e. The molecule has 0 fully saturated rings. The van der Waals surface area contributed by atoms with E-state index in [0.29, 0.717) is 23.2 Å². The first-order chi connectivity index (χ1) is 13.5. The first kappa shape index (κ1) is 18.0. The van der Waals surface area contributed by atoms with Crippen LogP contribution in [0, 0.1) is 6.92 Å². The van der Waals surface area contributed by atoms with Gasteiger partial charge in [-0.05, 0) is 12.5 Å². The highest BCUT2D eigenvalue weighted by Crippen LogP contribution is 2.27. The van der Waals surface area contributed by atoms with Gasteiger partial charge in [-0.1, -0.05) is 30.8 Å². The third-order valence-corrected chi connectivity index (χ3v) is 4.87. The number of thiazole rings is 1. The summed E-state index contributed by atoms with van der Waals surface area (Å²) in [7, 11) is 3.94. The van der Waals surface area contributed by atoms with Crippen LogP contribution in [0.1, 0.15) is 11.3 Å². The second-order valence-electron chi connectivity index (χ2n) is 6.39. The van der Waals surface area contributed by atoms with Crippen LogP contribution in [0.5, 0.6) is 0 Å². The van der Waals surface area contributed by atoms with E-state index in [4.69, 9.17) is 9.40 Å². The molecule has 4 rings (SSSR count). The fraction of sp³-hybridized carbons (Fsp3) is 0.150. The summed E-state index contributed by atoms with van der Waals surface area (Å²) in [6.07, 6.45) is 1.74. The van der Waals surface area contributed by atoms with Crippen molar-refractivity contribution >= 4 is 17.0 Å². The molecule has 140 valence electrons. The lowest BCUT2D eigenvalue weighted by Gasteiger charge is -2.16. The zero-order valence-electron chi connectivity index (χ0n) is 15.7. The van der Waals surface area contributed by atoms with Crippen molar-refractivity contribution in [3.8, 4) is 34.4 Å². The van der Waals surface area contributed by atoms with Gasteiger partial charge in [0, 0.05) is 30.7 Å². The van der Waals surface area contributed by atoms with Crippen LogP contribution in [0.2, 0.25) is 0 Å². The predicted molar refractivity (Wildman–Crippen MR) is 109 cm³/mol. The van der Waals surface area contributed by atoms with Crippen molar-refractivity contribution in [1.29, 1.82) is 0 Å². The fourth-order valence-electron chi connectivity index (χ4n) is 2.62. The van der Waals surface area contributed by atoms with E-state index in [1.54, 1.807) is 11.7 Å². The van der Waals surface area contributed by atoms with Crippen LogP contribution in [-0.2, 0) is 0 Å². The molecule has 0 spiro atoms. The number of nitrogens with zero attached hydrogens (tertiary/aromatic N) is 6. The largest absolute Gasteiger partial charge is 0.413 e. The molecular formula is C20H18N6OS. The van der Waals surface area contributed by atoms with Crippen LogP contribution in [0.3, 0.4) is 0 Å². The lowest BCUT2D eigenvalue weighted by molar-refractivity contribution is 0.579. The Morgan fingerprint density at radius 3 is 2.46 bits per heavy atom. The second-order valence-corrected chi connectivity index (χ2v) is 7.11. The van der Waals surface area contributed by atoms with E-state index in [9.17, 15) is 0 Å². The molecule has 0 saturated heterocycles. The van der Waals surface area contributed by atoms with Crippen LogP contribution >= 0.6 is 11.3 Å². The van der Waals surface area contributed by atoms with Gasteiger partial charge in [-0.25, -0.2) is 9.97 Å². The van der Waals surface area contributed by atoms with Crippen molar-refractivity contribution < 1.29 is 4.42 Å². The van der Waals surface area contributed by atoms with Gasteiger partial charge in [0.25, 0.3) is 11.8 Å². The zero-order valence-corrected chi connectivity index (χ0v) is 16.6. The van der Waals surface area contributed by atoms with E-state index in [1.165, 1.54) is 11.3 Å². The first-order valence-corrected chi connectivity index (χ1v) is 9.50. The molecule has 3 heterocycles. The summed E-state index contributed by atoms with van der Waals surface area (Å²) in [5, 5.41) is 10.1. The maximum Gasteiger partial charge on any atom is 0.268 e. The Labute approximate surface area is 166 Å². The second kappa shape index (κ2) is 7.32. The van der Waals surface area contributed by atoms with Crippen LogP contribution in [0.25, 0.3) is 40.1 Å². The molecule has 7 nitrogen and oxygen atoms in total. The number of aryl methyl sites for hydroxylation is 1.